The highest BCUT2D eigenvalue weighted by Crippen LogP contribution is 2.26. The Kier molecular flexibility index (Phi) is 5.02. The lowest BCUT2D eigenvalue weighted by Gasteiger charge is -2.24. The van der Waals surface area contributed by atoms with Crippen LogP contribution in [0.25, 0.3) is 0 Å². The third kappa shape index (κ3) is 3.87. The summed E-state index contributed by atoms with van der Waals surface area (Å²) in [6, 6.07) is 8.47. The molecule has 1 saturated carbocycles. The highest BCUT2D eigenvalue weighted by Gasteiger charge is 2.21. The molecule has 4 rings (SSSR count). The predicted molar refractivity (Wildman–Crippen MR) is 97.6 cm³/mol. The van der Waals surface area contributed by atoms with Gasteiger partial charge in [-0.15, -0.1) is 10.2 Å². The molecule has 1 N–H and O–H groups in total. The van der Waals surface area contributed by atoms with E-state index in [4.69, 9.17) is 4.74 Å². The molecule has 5 heteroatoms. The van der Waals surface area contributed by atoms with Crippen molar-refractivity contribution in [3.05, 3.63) is 41.5 Å². The molecule has 1 aliphatic heterocycles. The van der Waals surface area contributed by atoms with Gasteiger partial charge in [-0.1, -0.05) is 18.2 Å². The first kappa shape index (κ1) is 16.6. The molecule has 25 heavy (non-hydrogen) atoms. The highest BCUT2D eigenvalue weighted by molar-refractivity contribution is 5.33. The molecule has 1 atom stereocenters. The zero-order chi connectivity index (χ0) is 17.1. The summed E-state index contributed by atoms with van der Waals surface area (Å²) >= 11 is 0. The van der Waals surface area contributed by atoms with E-state index in [-0.39, 0.29) is 0 Å². The van der Waals surface area contributed by atoms with Crippen molar-refractivity contribution in [1.29, 1.82) is 0 Å². The van der Waals surface area contributed by atoms with Gasteiger partial charge in [0.2, 0.25) is 0 Å². The van der Waals surface area contributed by atoms with E-state index in [9.17, 15) is 0 Å². The van der Waals surface area contributed by atoms with Gasteiger partial charge in [0.05, 0.1) is 6.10 Å². The number of benzene rings is 1. The monoisotopic (exact) mass is 340 g/mol. The zero-order valence-corrected chi connectivity index (χ0v) is 15.1. The average molecular weight is 340 g/mol. The minimum absolute atomic E-state index is 0.412. The Morgan fingerprint density at radius 3 is 2.88 bits per heavy atom. The van der Waals surface area contributed by atoms with Gasteiger partial charge < -0.3 is 14.6 Å². The molecule has 134 valence electrons. The van der Waals surface area contributed by atoms with Crippen LogP contribution in [0.1, 0.15) is 49.3 Å². The van der Waals surface area contributed by atoms with E-state index in [0.29, 0.717) is 12.0 Å². The van der Waals surface area contributed by atoms with Crippen LogP contribution in [0.2, 0.25) is 0 Å². The van der Waals surface area contributed by atoms with Crippen molar-refractivity contribution in [3.63, 3.8) is 0 Å². The summed E-state index contributed by atoms with van der Waals surface area (Å²) in [5.74, 6) is 3.88. The number of aryl methyl sites for hydroxylation is 2. The van der Waals surface area contributed by atoms with Crippen LogP contribution in [0.4, 0.5) is 0 Å². The van der Waals surface area contributed by atoms with Crippen LogP contribution in [0, 0.1) is 12.8 Å². The van der Waals surface area contributed by atoms with Crippen molar-refractivity contribution in [1.82, 2.24) is 20.1 Å². The van der Waals surface area contributed by atoms with E-state index >= 15 is 0 Å². The number of ether oxygens (including phenoxy) is 1. The molecule has 1 fully saturated rings. The third-order valence-corrected chi connectivity index (χ3v) is 5.55. The van der Waals surface area contributed by atoms with Crippen molar-refractivity contribution in [3.8, 4) is 5.75 Å². The second-order valence-corrected chi connectivity index (χ2v) is 7.44. The molecule has 0 bridgehead atoms. The fraction of sp³-hybridized carbons (Fsp3) is 0.600. The Hall–Kier alpha value is -1.88. The summed E-state index contributed by atoms with van der Waals surface area (Å²) in [6.45, 7) is 4.96. The normalized spacial score (nSPS) is 20.6. The van der Waals surface area contributed by atoms with Crippen LogP contribution in [0.3, 0.4) is 0 Å². The van der Waals surface area contributed by atoms with E-state index in [0.717, 1.165) is 43.5 Å². The fourth-order valence-corrected chi connectivity index (χ4v) is 4.06. The summed E-state index contributed by atoms with van der Waals surface area (Å²) in [5.41, 5.74) is 1.27. The van der Waals surface area contributed by atoms with Crippen LogP contribution in [-0.4, -0.2) is 27.4 Å². The Morgan fingerprint density at radius 1 is 1.16 bits per heavy atom. The van der Waals surface area contributed by atoms with Gasteiger partial charge in [0.1, 0.15) is 17.4 Å². The van der Waals surface area contributed by atoms with Gasteiger partial charge in [-0.3, -0.25) is 0 Å². The molecule has 1 aliphatic carbocycles. The number of rotatable bonds is 6. The minimum Gasteiger partial charge on any atom is -0.490 e. The number of hydrogen-bond acceptors (Lipinski definition) is 4. The highest BCUT2D eigenvalue weighted by atomic mass is 16.5. The zero-order valence-electron chi connectivity index (χ0n) is 15.1. The molecule has 0 amide bonds. The topological polar surface area (TPSA) is 52.0 Å². The van der Waals surface area contributed by atoms with E-state index in [2.05, 4.69) is 44.3 Å². The molecule has 0 radical (unpaired) electrons. The average Bonchev–Trinajstić information content (AvgIpc) is 3.27. The SMILES string of the molecule is Cc1nnc2n1C[C@H](CNCc1ccccc1OC1CCCC1)CC2. The van der Waals surface area contributed by atoms with Gasteiger partial charge >= 0.3 is 0 Å². The molecular formula is C20H28N4O. The standard InChI is InChI=1S/C20H28N4O/c1-15-22-23-20-11-10-16(14-24(15)20)12-21-13-17-6-2-5-9-19(17)25-18-7-3-4-8-18/h2,5-6,9,16,18,21H,3-4,7-8,10-14H2,1H3/t16-/m0/s1. The number of fused-ring (bicyclic) bond motifs is 1. The largest absolute Gasteiger partial charge is 0.490 e. The first-order chi connectivity index (χ1) is 12.3. The van der Waals surface area contributed by atoms with Crippen LogP contribution in [0.15, 0.2) is 24.3 Å². The van der Waals surface area contributed by atoms with E-state index in [1.165, 1.54) is 37.7 Å². The maximum Gasteiger partial charge on any atom is 0.133 e. The molecule has 1 aromatic heterocycles. The number of nitrogens with zero attached hydrogens (tertiary/aromatic N) is 3. The van der Waals surface area contributed by atoms with Crippen LogP contribution in [0.5, 0.6) is 5.75 Å². The number of aromatic nitrogens is 3. The van der Waals surface area contributed by atoms with E-state index in [1.54, 1.807) is 0 Å². The molecule has 2 aromatic rings. The van der Waals surface area contributed by atoms with Crippen molar-refractivity contribution >= 4 is 0 Å². The molecule has 0 saturated heterocycles. The van der Waals surface area contributed by atoms with Gasteiger partial charge in [-0.2, -0.15) is 0 Å². The number of nitrogens with one attached hydrogen (secondary N) is 1. The maximum absolute atomic E-state index is 6.24. The lowest BCUT2D eigenvalue weighted by atomic mass is 9.99. The second-order valence-electron chi connectivity index (χ2n) is 7.44. The molecule has 0 spiro atoms. The second kappa shape index (κ2) is 7.56. The number of hydrogen-bond donors (Lipinski definition) is 1. The Morgan fingerprint density at radius 2 is 2.00 bits per heavy atom. The summed E-state index contributed by atoms with van der Waals surface area (Å²) < 4.78 is 8.51. The van der Waals surface area contributed by atoms with Gasteiger partial charge in [-0.25, -0.2) is 0 Å². The minimum atomic E-state index is 0.412. The van der Waals surface area contributed by atoms with E-state index < -0.39 is 0 Å². The summed E-state index contributed by atoms with van der Waals surface area (Å²) in [7, 11) is 0. The molecular weight excluding hydrogens is 312 g/mol. The lowest BCUT2D eigenvalue weighted by molar-refractivity contribution is 0.207. The lowest BCUT2D eigenvalue weighted by Crippen LogP contribution is -2.30. The van der Waals surface area contributed by atoms with Gasteiger partial charge in [0, 0.05) is 25.1 Å². The van der Waals surface area contributed by atoms with Gasteiger partial charge in [0.15, 0.2) is 0 Å². The molecule has 0 unspecified atom stereocenters. The smallest absolute Gasteiger partial charge is 0.133 e. The number of para-hydroxylation sites is 1. The Balaban J connectivity index is 1.31. The van der Waals surface area contributed by atoms with Crippen LogP contribution >= 0.6 is 0 Å². The summed E-state index contributed by atoms with van der Waals surface area (Å²) in [4.78, 5) is 0. The van der Waals surface area contributed by atoms with Crippen molar-refractivity contribution in [2.24, 2.45) is 5.92 Å². The van der Waals surface area contributed by atoms with Crippen molar-refractivity contribution < 1.29 is 4.74 Å². The quantitative estimate of drug-likeness (QED) is 0.877. The third-order valence-electron chi connectivity index (χ3n) is 5.55. The van der Waals surface area contributed by atoms with Crippen LogP contribution in [-0.2, 0) is 19.5 Å². The Bertz CT molecular complexity index is 705. The van der Waals surface area contributed by atoms with Gasteiger partial charge in [-0.05, 0) is 57.6 Å². The fourth-order valence-electron chi connectivity index (χ4n) is 4.06. The first-order valence-electron chi connectivity index (χ1n) is 9.63. The molecule has 5 nitrogen and oxygen atoms in total. The molecule has 2 heterocycles. The summed E-state index contributed by atoms with van der Waals surface area (Å²) in [6.07, 6.45) is 7.64. The van der Waals surface area contributed by atoms with E-state index in [1.807, 2.05) is 6.92 Å². The van der Waals surface area contributed by atoms with Crippen LogP contribution < -0.4 is 10.1 Å². The predicted octanol–water partition coefficient (Wildman–Crippen LogP) is 3.26. The van der Waals surface area contributed by atoms with Crippen molar-refractivity contribution in [2.75, 3.05) is 6.54 Å². The molecule has 2 aliphatic rings. The Labute approximate surface area is 149 Å². The van der Waals surface area contributed by atoms with Gasteiger partial charge in [0.25, 0.3) is 0 Å². The molecule has 1 aromatic carbocycles. The first-order valence-corrected chi connectivity index (χ1v) is 9.63. The summed E-state index contributed by atoms with van der Waals surface area (Å²) in [5, 5.41) is 12.1. The van der Waals surface area contributed by atoms with Crippen molar-refractivity contribution in [2.45, 2.75) is 64.6 Å². The maximum atomic E-state index is 6.24.